The lowest BCUT2D eigenvalue weighted by Crippen LogP contribution is -2.29. The summed E-state index contributed by atoms with van der Waals surface area (Å²) < 4.78 is 2.06. The highest BCUT2D eigenvalue weighted by atomic mass is 35.5. The minimum atomic E-state index is -0.207. The van der Waals surface area contributed by atoms with E-state index in [1.54, 1.807) is 0 Å². The molecule has 6 nitrogen and oxygen atoms in total. The number of pyridine rings is 2. The molecular formula is C22H28ClN5O. The largest absolute Gasteiger partial charge is 0.393 e. The average molecular weight is 414 g/mol. The number of hydrogen-bond acceptors (Lipinski definition) is 5. The van der Waals surface area contributed by atoms with Crippen molar-refractivity contribution >= 4 is 28.8 Å². The van der Waals surface area contributed by atoms with Gasteiger partial charge in [-0.1, -0.05) is 11.6 Å². The van der Waals surface area contributed by atoms with Crippen molar-refractivity contribution in [2.24, 2.45) is 0 Å². The number of nitrogens with zero attached hydrogens (tertiary/aromatic N) is 3. The normalized spacial score (nSPS) is 20.0. The summed E-state index contributed by atoms with van der Waals surface area (Å²) in [6.07, 6.45) is 7.53. The highest BCUT2D eigenvalue weighted by Gasteiger charge is 2.20. The Morgan fingerprint density at radius 3 is 2.79 bits per heavy atom. The number of rotatable bonds is 4. The van der Waals surface area contributed by atoms with Crippen LogP contribution in [0.1, 0.15) is 46.5 Å². The second-order valence-electron chi connectivity index (χ2n) is 8.89. The topological polar surface area (TPSA) is 74.5 Å². The van der Waals surface area contributed by atoms with E-state index in [2.05, 4.69) is 52.0 Å². The number of anilines is 2. The van der Waals surface area contributed by atoms with Crippen LogP contribution in [0.25, 0.3) is 16.9 Å². The van der Waals surface area contributed by atoms with Gasteiger partial charge in [0, 0.05) is 23.3 Å². The van der Waals surface area contributed by atoms with Gasteiger partial charge in [0.25, 0.3) is 0 Å². The van der Waals surface area contributed by atoms with Gasteiger partial charge in [0.2, 0.25) is 0 Å². The number of aliphatic hydroxyl groups is 1. The van der Waals surface area contributed by atoms with E-state index in [9.17, 15) is 5.11 Å². The highest BCUT2D eigenvalue weighted by molar-refractivity contribution is 6.29. The van der Waals surface area contributed by atoms with E-state index < -0.39 is 0 Å². The molecule has 4 rings (SSSR count). The molecule has 3 aromatic rings. The number of fused-ring (bicyclic) bond motifs is 1. The number of aromatic nitrogens is 3. The Kier molecular flexibility index (Phi) is 5.40. The molecule has 0 aliphatic heterocycles. The van der Waals surface area contributed by atoms with Crippen LogP contribution < -0.4 is 10.6 Å². The van der Waals surface area contributed by atoms with Crippen molar-refractivity contribution in [3.63, 3.8) is 0 Å². The second-order valence-corrected chi connectivity index (χ2v) is 9.28. The predicted octanol–water partition coefficient (Wildman–Crippen LogP) is 4.98. The first-order valence-electron chi connectivity index (χ1n) is 10.1. The summed E-state index contributed by atoms with van der Waals surface area (Å²) in [6.45, 7) is 6.26. The third-order valence-corrected chi connectivity index (χ3v) is 5.31. The van der Waals surface area contributed by atoms with Gasteiger partial charge >= 0.3 is 0 Å². The Balaban J connectivity index is 1.66. The summed E-state index contributed by atoms with van der Waals surface area (Å²) in [5.41, 5.74) is 3.68. The zero-order valence-corrected chi connectivity index (χ0v) is 17.9. The van der Waals surface area contributed by atoms with Crippen LogP contribution in [0.2, 0.25) is 5.15 Å². The van der Waals surface area contributed by atoms with Crippen molar-refractivity contribution in [1.82, 2.24) is 14.4 Å². The first-order chi connectivity index (χ1) is 13.8. The molecular weight excluding hydrogens is 386 g/mol. The Bertz CT molecular complexity index is 1010. The van der Waals surface area contributed by atoms with Crippen LogP contribution in [0.15, 0.2) is 36.7 Å². The smallest absolute Gasteiger partial charge is 0.137 e. The van der Waals surface area contributed by atoms with Gasteiger partial charge in [-0.05, 0) is 70.7 Å². The van der Waals surface area contributed by atoms with Crippen molar-refractivity contribution in [3.05, 3.63) is 41.8 Å². The van der Waals surface area contributed by atoms with E-state index in [1.807, 2.05) is 30.5 Å². The quantitative estimate of drug-likeness (QED) is 0.526. The SMILES string of the molecule is CC(C)(C)Nc1cc(-c2cnc3ccc(NC4CCCC(O)C4)cn23)cc(Cl)n1. The molecule has 154 valence electrons. The first kappa shape index (κ1) is 20.0. The van der Waals surface area contributed by atoms with Gasteiger partial charge in [0.15, 0.2) is 0 Å². The lowest BCUT2D eigenvalue weighted by Gasteiger charge is -2.27. The number of hydrogen-bond donors (Lipinski definition) is 3. The van der Waals surface area contributed by atoms with Gasteiger partial charge in [-0.3, -0.25) is 4.40 Å². The van der Waals surface area contributed by atoms with Gasteiger partial charge in [0.05, 0.1) is 23.7 Å². The molecule has 29 heavy (non-hydrogen) atoms. The Labute approximate surface area is 176 Å². The molecule has 1 saturated carbocycles. The molecule has 1 aliphatic carbocycles. The molecule has 0 saturated heterocycles. The summed E-state index contributed by atoms with van der Waals surface area (Å²) >= 11 is 6.30. The Hall–Kier alpha value is -2.31. The summed E-state index contributed by atoms with van der Waals surface area (Å²) in [7, 11) is 0. The molecule has 0 aromatic carbocycles. The summed E-state index contributed by atoms with van der Waals surface area (Å²) in [5.74, 6) is 0.737. The Morgan fingerprint density at radius 2 is 2.03 bits per heavy atom. The standard InChI is InChI=1S/C22H28ClN5O/c1-22(2,3)27-20-10-14(9-19(23)26-20)18-12-24-21-8-7-16(13-28(18)21)25-15-5-4-6-17(29)11-15/h7-10,12-13,15,17,25,29H,4-6,11H2,1-3H3,(H,26,27). The van der Waals surface area contributed by atoms with Crippen molar-refractivity contribution < 1.29 is 5.11 Å². The van der Waals surface area contributed by atoms with Crippen molar-refractivity contribution in [1.29, 1.82) is 0 Å². The number of imidazole rings is 1. The Morgan fingerprint density at radius 1 is 1.21 bits per heavy atom. The molecule has 3 N–H and O–H groups in total. The number of aliphatic hydroxyl groups excluding tert-OH is 1. The minimum absolute atomic E-state index is 0.115. The third kappa shape index (κ3) is 4.82. The molecule has 0 spiro atoms. The maximum atomic E-state index is 9.94. The van der Waals surface area contributed by atoms with Crippen LogP contribution in [0.3, 0.4) is 0 Å². The van der Waals surface area contributed by atoms with Crippen molar-refractivity contribution in [2.75, 3.05) is 10.6 Å². The molecule has 1 fully saturated rings. The van der Waals surface area contributed by atoms with Crippen molar-refractivity contribution in [3.8, 4) is 11.3 Å². The van der Waals surface area contributed by atoms with Gasteiger partial charge < -0.3 is 15.7 Å². The van der Waals surface area contributed by atoms with Crippen LogP contribution in [0, 0.1) is 0 Å². The van der Waals surface area contributed by atoms with Crippen LogP contribution >= 0.6 is 11.6 Å². The molecule has 1 aliphatic rings. The summed E-state index contributed by atoms with van der Waals surface area (Å²) in [6, 6.07) is 8.19. The van der Waals surface area contributed by atoms with E-state index in [-0.39, 0.29) is 11.6 Å². The summed E-state index contributed by atoms with van der Waals surface area (Å²) in [5, 5.41) is 17.3. The fourth-order valence-corrected chi connectivity index (χ4v) is 4.11. The van der Waals surface area contributed by atoms with Gasteiger partial charge in [-0.2, -0.15) is 0 Å². The van der Waals surface area contributed by atoms with Crippen LogP contribution in [0.4, 0.5) is 11.5 Å². The van der Waals surface area contributed by atoms with Crippen molar-refractivity contribution in [2.45, 2.75) is 64.1 Å². The van der Waals surface area contributed by atoms with E-state index in [4.69, 9.17) is 11.6 Å². The fourth-order valence-electron chi connectivity index (χ4n) is 3.90. The molecule has 3 heterocycles. The van der Waals surface area contributed by atoms with Crippen LogP contribution in [-0.2, 0) is 0 Å². The predicted molar refractivity (Wildman–Crippen MR) is 119 cm³/mol. The minimum Gasteiger partial charge on any atom is -0.393 e. The van der Waals surface area contributed by atoms with Crippen LogP contribution in [-0.4, -0.2) is 37.2 Å². The molecule has 0 radical (unpaired) electrons. The summed E-state index contributed by atoms with van der Waals surface area (Å²) in [4.78, 5) is 8.94. The maximum absolute atomic E-state index is 9.94. The third-order valence-electron chi connectivity index (χ3n) is 5.12. The van der Waals surface area contributed by atoms with E-state index >= 15 is 0 Å². The maximum Gasteiger partial charge on any atom is 0.137 e. The molecule has 0 amide bonds. The number of nitrogens with one attached hydrogen (secondary N) is 2. The van der Waals surface area contributed by atoms with E-state index in [0.29, 0.717) is 11.2 Å². The number of halogens is 1. The molecule has 0 bridgehead atoms. The molecule has 2 atom stereocenters. The highest BCUT2D eigenvalue weighted by Crippen LogP contribution is 2.28. The van der Waals surface area contributed by atoms with Gasteiger partial charge in [-0.25, -0.2) is 9.97 Å². The lowest BCUT2D eigenvalue weighted by atomic mass is 9.93. The molecule has 2 unspecified atom stereocenters. The molecule has 3 aromatic heterocycles. The monoisotopic (exact) mass is 413 g/mol. The van der Waals surface area contributed by atoms with Gasteiger partial charge in [0.1, 0.15) is 16.6 Å². The zero-order chi connectivity index (χ0) is 20.6. The molecule has 7 heteroatoms. The zero-order valence-electron chi connectivity index (χ0n) is 17.1. The second kappa shape index (κ2) is 7.84. The van der Waals surface area contributed by atoms with Crippen LogP contribution in [0.5, 0.6) is 0 Å². The lowest BCUT2D eigenvalue weighted by molar-refractivity contribution is 0.124. The average Bonchev–Trinajstić information content (AvgIpc) is 3.03. The van der Waals surface area contributed by atoms with E-state index in [0.717, 1.165) is 54.1 Å². The first-order valence-corrected chi connectivity index (χ1v) is 10.5. The fraction of sp³-hybridized carbons (Fsp3) is 0.455. The van der Waals surface area contributed by atoms with E-state index in [1.165, 1.54) is 0 Å². The van der Waals surface area contributed by atoms with Gasteiger partial charge in [-0.15, -0.1) is 0 Å².